The summed E-state index contributed by atoms with van der Waals surface area (Å²) in [4.78, 5) is 12.2. The van der Waals surface area contributed by atoms with Gasteiger partial charge in [0.15, 0.2) is 5.69 Å². The van der Waals surface area contributed by atoms with E-state index in [-0.39, 0.29) is 11.9 Å². The number of carbonyl (C=O) groups excluding carboxylic acids is 1. The second kappa shape index (κ2) is 6.35. The van der Waals surface area contributed by atoms with Crippen LogP contribution in [0.1, 0.15) is 35.5 Å². The molecule has 0 fully saturated rings. The molecule has 21 heavy (non-hydrogen) atoms. The third kappa shape index (κ3) is 4.02. The van der Waals surface area contributed by atoms with Gasteiger partial charge in [-0.3, -0.25) is 4.79 Å². The van der Waals surface area contributed by atoms with Gasteiger partial charge in [-0.05, 0) is 51.5 Å². The van der Waals surface area contributed by atoms with Crippen molar-refractivity contribution < 1.29 is 4.79 Å². The highest BCUT2D eigenvalue weighted by atomic mass is 16.1. The first-order valence-electron chi connectivity index (χ1n) is 6.94. The Morgan fingerprint density at radius 1 is 1.10 bits per heavy atom. The fourth-order valence-corrected chi connectivity index (χ4v) is 1.97. The lowest BCUT2D eigenvalue weighted by molar-refractivity contribution is 0.102. The molecule has 0 unspecified atom stereocenters. The van der Waals surface area contributed by atoms with Gasteiger partial charge in [0.1, 0.15) is 5.82 Å². The molecule has 2 aromatic rings. The summed E-state index contributed by atoms with van der Waals surface area (Å²) in [6.45, 7) is 8.01. The Morgan fingerprint density at radius 2 is 1.86 bits per heavy atom. The molecule has 0 aliphatic rings. The van der Waals surface area contributed by atoms with E-state index in [4.69, 9.17) is 0 Å². The molecular weight excluding hydrogens is 264 g/mol. The number of hydrogen-bond acceptors (Lipinski definition) is 4. The van der Waals surface area contributed by atoms with Gasteiger partial charge in [-0.1, -0.05) is 17.7 Å². The van der Waals surface area contributed by atoms with Gasteiger partial charge in [0.2, 0.25) is 0 Å². The molecule has 1 amide bonds. The zero-order chi connectivity index (χ0) is 15.4. The first kappa shape index (κ1) is 15.0. The second-order valence-corrected chi connectivity index (χ2v) is 5.38. The molecule has 5 nitrogen and oxygen atoms in total. The van der Waals surface area contributed by atoms with Crippen molar-refractivity contribution in [3.63, 3.8) is 0 Å². The number of amides is 1. The second-order valence-electron chi connectivity index (χ2n) is 5.38. The zero-order valence-corrected chi connectivity index (χ0v) is 12.8. The Hall–Kier alpha value is -2.43. The topological polar surface area (TPSA) is 66.9 Å². The van der Waals surface area contributed by atoms with Crippen LogP contribution < -0.4 is 10.6 Å². The maximum absolute atomic E-state index is 12.2. The molecule has 2 N–H and O–H groups in total. The fourth-order valence-electron chi connectivity index (χ4n) is 1.97. The molecule has 0 atom stereocenters. The lowest BCUT2D eigenvalue weighted by Crippen LogP contribution is -2.16. The van der Waals surface area contributed by atoms with Crippen molar-refractivity contribution in [2.24, 2.45) is 0 Å². The minimum absolute atomic E-state index is 0.259. The van der Waals surface area contributed by atoms with E-state index in [1.54, 1.807) is 12.1 Å². The number of aromatic nitrogens is 2. The summed E-state index contributed by atoms with van der Waals surface area (Å²) < 4.78 is 0. The number of rotatable bonds is 4. The molecule has 110 valence electrons. The lowest BCUT2D eigenvalue weighted by Gasteiger charge is -2.10. The van der Waals surface area contributed by atoms with Crippen molar-refractivity contribution in [3.05, 3.63) is 47.2 Å². The van der Waals surface area contributed by atoms with Gasteiger partial charge < -0.3 is 10.6 Å². The molecule has 0 saturated carbocycles. The van der Waals surface area contributed by atoms with Crippen LogP contribution in [0.3, 0.4) is 0 Å². The highest BCUT2D eigenvalue weighted by molar-refractivity contribution is 6.03. The smallest absolute Gasteiger partial charge is 0.276 e. The van der Waals surface area contributed by atoms with Crippen molar-refractivity contribution in [1.82, 2.24) is 10.2 Å². The molecule has 0 aliphatic heterocycles. The zero-order valence-electron chi connectivity index (χ0n) is 12.8. The van der Waals surface area contributed by atoms with Gasteiger partial charge in [0, 0.05) is 11.7 Å². The summed E-state index contributed by atoms with van der Waals surface area (Å²) in [7, 11) is 0. The summed E-state index contributed by atoms with van der Waals surface area (Å²) in [6, 6.07) is 9.57. The number of carbonyl (C=O) groups is 1. The van der Waals surface area contributed by atoms with Gasteiger partial charge in [-0.15, -0.1) is 10.2 Å². The van der Waals surface area contributed by atoms with Crippen molar-refractivity contribution in [3.8, 4) is 0 Å². The van der Waals surface area contributed by atoms with Crippen molar-refractivity contribution in [1.29, 1.82) is 0 Å². The Kier molecular flexibility index (Phi) is 4.52. The first-order chi connectivity index (χ1) is 9.95. The lowest BCUT2D eigenvalue weighted by atomic mass is 10.1. The maximum Gasteiger partial charge on any atom is 0.276 e. The third-order valence-electron chi connectivity index (χ3n) is 2.96. The average Bonchev–Trinajstić information content (AvgIpc) is 2.42. The number of benzene rings is 1. The average molecular weight is 284 g/mol. The molecule has 0 spiro atoms. The normalized spacial score (nSPS) is 10.5. The number of anilines is 2. The van der Waals surface area contributed by atoms with Crippen LogP contribution in [0.5, 0.6) is 0 Å². The standard InChI is InChI=1S/C16H20N4O/c1-10(2)17-15-8-7-14(19-20-15)16(21)18-13-6-5-11(3)9-12(13)4/h5-10H,1-4H3,(H,17,20)(H,18,21). The van der Waals surface area contributed by atoms with E-state index < -0.39 is 0 Å². The van der Waals surface area contributed by atoms with Crippen LogP contribution in [0.4, 0.5) is 11.5 Å². The van der Waals surface area contributed by atoms with E-state index in [0.717, 1.165) is 16.8 Å². The Morgan fingerprint density at radius 3 is 2.43 bits per heavy atom. The van der Waals surface area contributed by atoms with Crippen LogP contribution in [-0.2, 0) is 0 Å². The van der Waals surface area contributed by atoms with Crippen LogP contribution >= 0.6 is 0 Å². The van der Waals surface area contributed by atoms with E-state index in [2.05, 4.69) is 20.8 Å². The predicted molar refractivity (Wildman–Crippen MR) is 84.7 cm³/mol. The molecule has 0 saturated heterocycles. The number of aryl methyl sites for hydroxylation is 2. The molecule has 1 aromatic carbocycles. The van der Waals surface area contributed by atoms with Crippen molar-refractivity contribution in [2.75, 3.05) is 10.6 Å². The summed E-state index contributed by atoms with van der Waals surface area (Å²) in [5.41, 5.74) is 3.27. The quantitative estimate of drug-likeness (QED) is 0.905. The highest BCUT2D eigenvalue weighted by Gasteiger charge is 2.10. The van der Waals surface area contributed by atoms with Crippen LogP contribution in [-0.4, -0.2) is 22.1 Å². The minimum atomic E-state index is -0.259. The van der Waals surface area contributed by atoms with E-state index in [9.17, 15) is 4.79 Å². The number of hydrogen-bond donors (Lipinski definition) is 2. The number of nitrogens with zero attached hydrogens (tertiary/aromatic N) is 2. The van der Waals surface area contributed by atoms with Crippen LogP contribution in [0.15, 0.2) is 30.3 Å². The predicted octanol–water partition coefficient (Wildman–Crippen LogP) is 3.17. The van der Waals surface area contributed by atoms with Crippen LogP contribution in [0.25, 0.3) is 0 Å². The molecule has 0 aliphatic carbocycles. The van der Waals surface area contributed by atoms with E-state index >= 15 is 0 Å². The van der Waals surface area contributed by atoms with Crippen LogP contribution in [0, 0.1) is 13.8 Å². The maximum atomic E-state index is 12.2. The van der Waals surface area contributed by atoms with Gasteiger partial charge in [-0.2, -0.15) is 0 Å². The van der Waals surface area contributed by atoms with Gasteiger partial charge in [0.05, 0.1) is 0 Å². The number of nitrogens with one attached hydrogen (secondary N) is 2. The summed E-state index contributed by atoms with van der Waals surface area (Å²) in [5.74, 6) is 0.401. The SMILES string of the molecule is Cc1ccc(NC(=O)c2ccc(NC(C)C)nn2)c(C)c1. The van der Waals surface area contributed by atoms with Gasteiger partial charge in [-0.25, -0.2) is 0 Å². The van der Waals surface area contributed by atoms with Gasteiger partial charge in [0.25, 0.3) is 5.91 Å². The van der Waals surface area contributed by atoms with E-state index in [1.165, 1.54) is 0 Å². The van der Waals surface area contributed by atoms with Crippen molar-refractivity contribution in [2.45, 2.75) is 33.7 Å². The summed E-state index contributed by atoms with van der Waals surface area (Å²) >= 11 is 0. The first-order valence-corrected chi connectivity index (χ1v) is 6.94. The summed E-state index contributed by atoms with van der Waals surface area (Å²) in [5, 5.41) is 13.9. The van der Waals surface area contributed by atoms with Gasteiger partial charge >= 0.3 is 0 Å². The molecule has 5 heteroatoms. The Balaban J connectivity index is 2.09. The largest absolute Gasteiger partial charge is 0.366 e. The fraction of sp³-hybridized carbons (Fsp3) is 0.312. The molecular formula is C16H20N4O. The molecule has 2 rings (SSSR count). The molecule has 1 aromatic heterocycles. The Bertz CT molecular complexity index is 635. The summed E-state index contributed by atoms with van der Waals surface area (Å²) in [6.07, 6.45) is 0. The van der Waals surface area contributed by atoms with E-state index in [0.29, 0.717) is 11.5 Å². The monoisotopic (exact) mass is 284 g/mol. The van der Waals surface area contributed by atoms with E-state index in [1.807, 2.05) is 45.9 Å². The molecule has 1 heterocycles. The minimum Gasteiger partial charge on any atom is -0.366 e. The molecule has 0 radical (unpaired) electrons. The highest BCUT2D eigenvalue weighted by Crippen LogP contribution is 2.16. The van der Waals surface area contributed by atoms with Crippen molar-refractivity contribution >= 4 is 17.4 Å². The Labute approximate surface area is 124 Å². The van der Waals surface area contributed by atoms with Crippen LogP contribution in [0.2, 0.25) is 0 Å². The molecule has 0 bridgehead atoms. The third-order valence-corrected chi connectivity index (χ3v) is 2.96.